The van der Waals surface area contributed by atoms with Crippen molar-refractivity contribution < 1.29 is 4.42 Å². The van der Waals surface area contributed by atoms with E-state index in [4.69, 9.17) is 4.42 Å². The van der Waals surface area contributed by atoms with Crippen molar-refractivity contribution in [2.45, 2.75) is 0 Å². The molecule has 0 amide bonds. The monoisotopic (exact) mass is 222 g/mol. The second-order valence-corrected chi connectivity index (χ2v) is 3.74. The van der Waals surface area contributed by atoms with E-state index in [0.717, 1.165) is 27.4 Å². The molecule has 0 aromatic carbocycles. The lowest BCUT2D eigenvalue weighted by Gasteiger charge is -1.94. The predicted octanol–water partition coefficient (Wildman–Crippen LogP) is 2.32. The highest BCUT2D eigenvalue weighted by atomic mass is 16.3. The van der Waals surface area contributed by atoms with Crippen LogP contribution in [0.2, 0.25) is 0 Å². The molecule has 0 aliphatic carbocycles. The molecule has 0 saturated carbocycles. The van der Waals surface area contributed by atoms with Gasteiger partial charge in [0.05, 0.1) is 17.1 Å². The quantitative estimate of drug-likeness (QED) is 0.456. The molecule has 5 heteroatoms. The molecule has 4 aromatic heterocycles. The summed E-state index contributed by atoms with van der Waals surface area (Å²) >= 11 is 0. The predicted molar refractivity (Wildman–Crippen MR) is 62.4 cm³/mol. The summed E-state index contributed by atoms with van der Waals surface area (Å²) in [5.74, 6) is 0. The lowest BCUT2D eigenvalue weighted by atomic mass is 10.2. The zero-order chi connectivity index (χ0) is 11.2. The first-order valence-electron chi connectivity index (χ1n) is 5.15. The molecule has 4 heterocycles. The molecule has 0 atom stereocenters. The molecule has 17 heavy (non-hydrogen) atoms. The van der Waals surface area contributed by atoms with E-state index in [-0.39, 0.29) is 0 Å². The molecule has 0 radical (unpaired) electrons. The number of furan rings is 1. The van der Waals surface area contributed by atoms with Crippen LogP contribution in [0.5, 0.6) is 0 Å². The lowest BCUT2D eigenvalue weighted by molar-refractivity contribution is 0.655. The van der Waals surface area contributed by atoms with Crippen LogP contribution in [0.25, 0.3) is 33.1 Å². The van der Waals surface area contributed by atoms with Crippen LogP contribution in [0.4, 0.5) is 0 Å². The minimum Gasteiger partial charge on any atom is -0.438 e. The highest BCUT2D eigenvalue weighted by Gasteiger charge is 2.09. The number of rotatable bonds is 0. The Kier molecular flexibility index (Phi) is 1.50. The van der Waals surface area contributed by atoms with Crippen molar-refractivity contribution >= 4 is 33.1 Å². The van der Waals surface area contributed by atoms with Crippen molar-refractivity contribution in [3.63, 3.8) is 0 Å². The fourth-order valence-electron chi connectivity index (χ4n) is 1.95. The van der Waals surface area contributed by atoms with Crippen molar-refractivity contribution in [2.24, 2.45) is 0 Å². The Balaban J connectivity index is 2.28. The SMILES string of the molecule is c1cc2oc3nc4cncnc4cc3c2cn1. The Labute approximate surface area is 95.1 Å². The van der Waals surface area contributed by atoms with Gasteiger partial charge in [0.2, 0.25) is 5.71 Å². The van der Waals surface area contributed by atoms with Gasteiger partial charge in [0.25, 0.3) is 0 Å². The van der Waals surface area contributed by atoms with Gasteiger partial charge in [-0.1, -0.05) is 0 Å². The molecule has 4 aromatic rings. The molecule has 5 nitrogen and oxygen atoms in total. The molecule has 80 valence electrons. The van der Waals surface area contributed by atoms with Gasteiger partial charge in [0.15, 0.2) is 0 Å². The summed E-state index contributed by atoms with van der Waals surface area (Å²) in [7, 11) is 0. The average Bonchev–Trinajstić information content (AvgIpc) is 2.73. The topological polar surface area (TPSA) is 64.7 Å². The van der Waals surface area contributed by atoms with Crippen LogP contribution in [0.1, 0.15) is 0 Å². The summed E-state index contributed by atoms with van der Waals surface area (Å²) in [4.78, 5) is 16.6. The third-order valence-corrected chi connectivity index (χ3v) is 2.73. The summed E-state index contributed by atoms with van der Waals surface area (Å²) < 4.78 is 5.65. The van der Waals surface area contributed by atoms with Gasteiger partial charge in [0.1, 0.15) is 17.4 Å². The smallest absolute Gasteiger partial charge is 0.228 e. The third kappa shape index (κ3) is 1.13. The molecule has 0 fully saturated rings. The van der Waals surface area contributed by atoms with Gasteiger partial charge in [-0.15, -0.1) is 0 Å². The van der Waals surface area contributed by atoms with Crippen molar-refractivity contribution in [2.75, 3.05) is 0 Å². The number of pyridine rings is 2. The van der Waals surface area contributed by atoms with E-state index >= 15 is 0 Å². The van der Waals surface area contributed by atoms with E-state index in [2.05, 4.69) is 19.9 Å². The van der Waals surface area contributed by atoms with Gasteiger partial charge in [-0.05, 0) is 12.1 Å². The fraction of sp³-hybridized carbons (Fsp3) is 0. The summed E-state index contributed by atoms with van der Waals surface area (Å²) in [5, 5.41) is 1.88. The Morgan fingerprint density at radius 1 is 1.00 bits per heavy atom. The van der Waals surface area contributed by atoms with E-state index in [9.17, 15) is 0 Å². The molecule has 0 bridgehead atoms. The van der Waals surface area contributed by atoms with Gasteiger partial charge in [-0.3, -0.25) is 4.98 Å². The summed E-state index contributed by atoms with van der Waals surface area (Å²) in [5.41, 5.74) is 2.91. The standard InChI is InChI=1S/C12H6N4O/c1-2-13-4-8-7-3-9-10(5-14-6-15-9)16-12(7)17-11(1)8/h1-6H. The maximum Gasteiger partial charge on any atom is 0.228 e. The van der Waals surface area contributed by atoms with E-state index in [1.54, 1.807) is 18.6 Å². The summed E-state index contributed by atoms with van der Waals surface area (Å²) in [6.45, 7) is 0. The second kappa shape index (κ2) is 2.98. The zero-order valence-electron chi connectivity index (χ0n) is 8.66. The highest BCUT2D eigenvalue weighted by Crippen LogP contribution is 2.28. The lowest BCUT2D eigenvalue weighted by Crippen LogP contribution is -1.84. The van der Waals surface area contributed by atoms with E-state index in [0.29, 0.717) is 5.71 Å². The molecule has 0 unspecified atom stereocenters. The maximum atomic E-state index is 5.65. The van der Waals surface area contributed by atoms with E-state index in [1.165, 1.54) is 6.33 Å². The highest BCUT2D eigenvalue weighted by molar-refractivity contribution is 6.06. The number of hydrogen-bond donors (Lipinski definition) is 0. The first-order valence-corrected chi connectivity index (χ1v) is 5.15. The van der Waals surface area contributed by atoms with Crippen molar-refractivity contribution in [1.29, 1.82) is 0 Å². The largest absolute Gasteiger partial charge is 0.438 e. The Morgan fingerprint density at radius 2 is 2.00 bits per heavy atom. The normalized spacial score (nSPS) is 11.5. The van der Waals surface area contributed by atoms with Crippen LogP contribution in [-0.4, -0.2) is 19.9 Å². The molecular weight excluding hydrogens is 216 g/mol. The van der Waals surface area contributed by atoms with Gasteiger partial charge in [-0.2, -0.15) is 0 Å². The van der Waals surface area contributed by atoms with Crippen LogP contribution in [0.3, 0.4) is 0 Å². The van der Waals surface area contributed by atoms with Gasteiger partial charge in [0, 0.05) is 17.8 Å². The summed E-state index contributed by atoms with van der Waals surface area (Å²) in [6, 6.07) is 3.78. The van der Waals surface area contributed by atoms with E-state index in [1.807, 2.05) is 12.1 Å². The Bertz CT molecular complexity index is 847. The molecule has 4 rings (SSSR count). The first kappa shape index (κ1) is 8.58. The molecule has 0 aliphatic heterocycles. The summed E-state index contributed by atoms with van der Waals surface area (Å²) in [6.07, 6.45) is 6.66. The van der Waals surface area contributed by atoms with Gasteiger partial charge < -0.3 is 4.42 Å². The Hall–Kier alpha value is -2.56. The van der Waals surface area contributed by atoms with Crippen LogP contribution >= 0.6 is 0 Å². The van der Waals surface area contributed by atoms with Gasteiger partial charge in [-0.25, -0.2) is 15.0 Å². The fourth-order valence-corrected chi connectivity index (χ4v) is 1.95. The number of fused-ring (bicyclic) bond motifs is 4. The molecule has 0 N–H and O–H groups in total. The third-order valence-electron chi connectivity index (χ3n) is 2.73. The zero-order valence-corrected chi connectivity index (χ0v) is 8.66. The second-order valence-electron chi connectivity index (χ2n) is 3.74. The minimum absolute atomic E-state index is 0.593. The van der Waals surface area contributed by atoms with Crippen molar-refractivity contribution in [3.05, 3.63) is 37.1 Å². The van der Waals surface area contributed by atoms with E-state index < -0.39 is 0 Å². The Morgan fingerprint density at radius 3 is 3.00 bits per heavy atom. The first-order chi connectivity index (χ1) is 8.42. The van der Waals surface area contributed by atoms with Crippen molar-refractivity contribution in [1.82, 2.24) is 19.9 Å². The number of aromatic nitrogens is 4. The van der Waals surface area contributed by atoms with Crippen LogP contribution < -0.4 is 0 Å². The number of hydrogen-bond acceptors (Lipinski definition) is 5. The molecule has 0 spiro atoms. The maximum absolute atomic E-state index is 5.65. The molecule has 0 aliphatic rings. The van der Waals surface area contributed by atoms with Crippen molar-refractivity contribution in [3.8, 4) is 0 Å². The van der Waals surface area contributed by atoms with Crippen LogP contribution in [0, 0.1) is 0 Å². The van der Waals surface area contributed by atoms with Gasteiger partial charge >= 0.3 is 0 Å². The average molecular weight is 222 g/mol. The number of nitrogens with zero attached hydrogens (tertiary/aromatic N) is 4. The minimum atomic E-state index is 0.593. The molecule has 0 saturated heterocycles. The van der Waals surface area contributed by atoms with Crippen LogP contribution in [-0.2, 0) is 0 Å². The van der Waals surface area contributed by atoms with Crippen LogP contribution in [0.15, 0.2) is 41.5 Å². The molecular formula is C12H6N4O.